The Morgan fingerprint density at radius 3 is 2.52 bits per heavy atom. The number of nitrogens with zero attached hydrogens (tertiary/aromatic N) is 2. The monoisotopic (exact) mass is 605 g/mol. The second-order valence-corrected chi connectivity index (χ2v) is 11.9. The van der Waals surface area contributed by atoms with Gasteiger partial charge in [0.2, 0.25) is 0 Å². The minimum absolute atomic E-state index is 0.0173. The van der Waals surface area contributed by atoms with Crippen LogP contribution in [0.4, 0.5) is 24.7 Å². The largest absolute Gasteiger partial charge is 0.499 e. The molecular weight excluding hydrogens is 575 g/mol. The smallest absolute Gasteiger partial charge is 0.477 e. The number of hydrogen-bond donors (Lipinski definition) is 5. The number of carboxylic acid groups (broad SMARTS) is 1. The lowest BCUT2D eigenvalue weighted by Crippen LogP contribution is -2.32. The average molecular weight is 606 g/mol. The Labute approximate surface area is 239 Å². The van der Waals surface area contributed by atoms with Gasteiger partial charge >= 0.3 is 11.5 Å². The Morgan fingerprint density at radius 1 is 1.10 bits per heavy atom. The van der Waals surface area contributed by atoms with Crippen LogP contribution in [0.25, 0.3) is 10.9 Å². The number of aliphatic hydroxyl groups excluding tert-OH is 1. The van der Waals surface area contributed by atoms with Crippen LogP contribution in [-0.2, 0) is 22.8 Å². The summed E-state index contributed by atoms with van der Waals surface area (Å²) in [4.78, 5) is 16.0. The third-order valence-electron chi connectivity index (χ3n) is 6.67. The molecule has 0 spiro atoms. The van der Waals surface area contributed by atoms with Crippen LogP contribution in [0.3, 0.4) is 0 Å². The van der Waals surface area contributed by atoms with Crippen molar-refractivity contribution in [2.45, 2.75) is 37.5 Å². The van der Waals surface area contributed by atoms with Gasteiger partial charge in [-0.15, -0.1) is 0 Å². The topological polar surface area (TPSA) is 160 Å². The number of fused-ring (bicyclic) bond motifs is 1. The molecule has 224 valence electrons. The Bertz CT molecular complexity index is 1670. The first kappa shape index (κ1) is 30.8. The third-order valence-corrected chi connectivity index (χ3v) is 7.90. The highest BCUT2D eigenvalue weighted by Gasteiger charge is 2.45. The summed E-state index contributed by atoms with van der Waals surface area (Å²) in [6, 6.07) is 16.5. The number of pyridine rings is 1. The first-order chi connectivity index (χ1) is 19.7. The fourth-order valence-corrected chi connectivity index (χ4v) is 5.01. The number of aromatic nitrogens is 2. The summed E-state index contributed by atoms with van der Waals surface area (Å²) in [6.07, 6.45) is 1.36. The number of benzene rings is 2. The van der Waals surface area contributed by atoms with Gasteiger partial charge in [0, 0.05) is 47.5 Å². The number of nitrogen functional groups attached to an aromatic ring is 1. The maximum Gasteiger partial charge on any atom is 0.499 e. The molecule has 2 heterocycles. The Hall–Kier alpha value is -4.14. The Kier molecular flexibility index (Phi) is 9.09. The number of aromatic carboxylic acids is 1. The van der Waals surface area contributed by atoms with Gasteiger partial charge < -0.3 is 31.1 Å². The predicted molar refractivity (Wildman–Crippen MR) is 153 cm³/mol. The summed E-state index contributed by atoms with van der Waals surface area (Å²) in [5.41, 5.74) is 3.16. The van der Waals surface area contributed by atoms with Gasteiger partial charge in [-0.1, -0.05) is 24.3 Å². The molecule has 4 aromatic rings. The van der Waals surface area contributed by atoms with Crippen molar-refractivity contribution in [1.29, 1.82) is 0 Å². The number of hydrogen-bond acceptors (Lipinski definition) is 8. The van der Waals surface area contributed by atoms with Gasteiger partial charge in [0.25, 0.3) is 9.84 Å². The summed E-state index contributed by atoms with van der Waals surface area (Å²) >= 11 is 0. The van der Waals surface area contributed by atoms with Crippen LogP contribution in [0.1, 0.15) is 40.2 Å². The predicted octanol–water partition coefficient (Wildman–Crippen LogP) is 3.92. The Morgan fingerprint density at radius 2 is 1.86 bits per heavy atom. The molecule has 0 amide bonds. The van der Waals surface area contributed by atoms with Crippen LogP contribution in [0, 0.1) is 0 Å². The molecule has 0 bridgehead atoms. The van der Waals surface area contributed by atoms with E-state index >= 15 is 0 Å². The molecule has 6 N–H and O–H groups in total. The van der Waals surface area contributed by atoms with Crippen molar-refractivity contribution < 1.29 is 36.6 Å². The SMILES string of the molecule is CC(Cc1ccc2c(c1)cc(C(=O)O)n2Cc1cccc(NCS(=O)(=O)C(F)(F)F)c1)NCC(O)c1ccc(N)nc1. The Balaban J connectivity index is 1.47. The van der Waals surface area contributed by atoms with Gasteiger partial charge in [-0.2, -0.15) is 13.2 Å². The standard InChI is InChI=1S/C28H30F3N5O5S/c1-17(33-14-25(37)20-6-8-26(32)34-13-20)9-18-5-7-23-21(10-18)12-24(27(38)39)36(23)15-19-3-2-4-22(11-19)35-16-42(40,41)28(29,30)31/h2-8,10-13,17,25,33,35,37H,9,14-16H2,1H3,(H2,32,34)(H,38,39). The minimum atomic E-state index is -5.37. The van der Waals surface area contributed by atoms with Crippen LogP contribution < -0.4 is 16.4 Å². The van der Waals surface area contributed by atoms with Crippen LogP contribution in [-0.4, -0.2) is 58.1 Å². The van der Waals surface area contributed by atoms with Gasteiger partial charge in [-0.25, -0.2) is 18.2 Å². The number of rotatable bonds is 12. The molecular formula is C28H30F3N5O5S. The zero-order valence-corrected chi connectivity index (χ0v) is 23.3. The third kappa shape index (κ3) is 7.38. The highest BCUT2D eigenvalue weighted by Crippen LogP contribution is 2.26. The van der Waals surface area contributed by atoms with E-state index in [2.05, 4.69) is 15.6 Å². The first-order valence-corrected chi connectivity index (χ1v) is 14.5. The lowest BCUT2D eigenvalue weighted by Gasteiger charge is -2.17. The van der Waals surface area contributed by atoms with Crippen molar-refractivity contribution in [3.8, 4) is 0 Å². The molecule has 0 aliphatic carbocycles. The molecule has 0 aliphatic rings. The van der Waals surface area contributed by atoms with Crippen LogP contribution in [0.2, 0.25) is 0 Å². The number of aliphatic hydroxyl groups is 1. The van der Waals surface area contributed by atoms with E-state index in [-0.39, 0.29) is 24.0 Å². The molecule has 10 nitrogen and oxygen atoms in total. The summed E-state index contributed by atoms with van der Waals surface area (Å²) in [7, 11) is -5.36. The molecule has 4 rings (SSSR count). The van der Waals surface area contributed by atoms with E-state index in [1.807, 2.05) is 19.1 Å². The lowest BCUT2D eigenvalue weighted by atomic mass is 10.0. The number of nitrogens with one attached hydrogen (secondary N) is 2. The molecule has 0 radical (unpaired) electrons. The quantitative estimate of drug-likeness (QED) is 0.161. The molecule has 0 aliphatic heterocycles. The second-order valence-electron chi connectivity index (χ2n) is 9.94. The number of halogens is 3. The van der Waals surface area contributed by atoms with E-state index in [0.717, 1.165) is 5.56 Å². The molecule has 0 saturated heterocycles. The molecule has 2 atom stereocenters. The fraction of sp³-hybridized carbons (Fsp3) is 0.286. The van der Waals surface area contributed by atoms with Crippen molar-refractivity contribution in [3.63, 3.8) is 0 Å². The maximum atomic E-state index is 12.7. The second kappa shape index (κ2) is 12.4. The van der Waals surface area contributed by atoms with Gasteiger partial charge in [-0.3, -0.25) is 0 Å². The number of carboxylic acids is 1. The van der Waals surface area contributed by atoms with E-state index in [4.69, 9.17) is 5.73 Å². The zero-order chi connectivity index (χ0) is 30.7. The van der Waals surface area contributed by atoms with Gasteiger partial charge in [-0.05, 0) is 60.9 Å². The molecule has 14 heteroatoms. The summed E-state index contributed by atoms with van der Waals surface area (Å²) in [5, 5.41) is 26.5. The molecule has 0 saturated carbocycles. The number of anilines is 2. The highest BCUT2D eigenvalue weighted by molar-refractivity contribution is 7.92. The van der Waals surface area contributed by atoms with Crippen molar-refractivity contribution in [2.24, 2.45) is 0 Å². The molecule has 2 aromatic carbocycles. The van der Waals surface area contributed by atoms with E-state index in [1.54, 1.807) is 34.9 Å². The van der Waals surface area contributed by atoms with E-state index < -0.39 is 33.3 Å². The lowest BCUT2D eigenvalue weighted by molar-refractivity contribution is -0.0433. The molecule has 0 fully saturated rings. The van der Waals surface area contributed by atoms with Crippen molar-refractivity contribution in [3.05, 3.63) is 89.2 Å². The molecule has 42 heavy (non-hydrogen) atoms. The fourth-order valence-electron chi connectivity index (χ4n) is 4.49. The molecule has 2 unspecified atom stereocenters. The van der Waals surface area contributed by atoms with Crippen LogP contribution >= 0.6 is 0 Å². The zero-order valence-electron chi connectivity index (χ0n) is 22.5. The van der Waals surface area contributed by atoms with Crippen molar-refractivity contribution >= 4 is 38.2 Å². The van der Waals surface area contributed by atoms with Gasteiger partial charge in [0.1, 0.15) is 17.4 Å². The van der Waals surface area contributed by atoms with E-state index in [1.165, 1.54) is 24.4 Å². The molecule has 2 aromatic heterocycles. The van der Waals surface area contributed by atoms with Crippen molar-refractivity contribution in [1.82, 2.24) is 14.9 Å². The van der Waals surface area contributed by atoms with Gasteiger partial charge in [0.05, 0.1) is 6.10 Å². The van der Waals surface area contributed by atoms with E-state index in [9.17, 15) is 36.6 Å². The van der Waals surface area contributed by atoms with E-state index in [0.29, 0.717) is 40.8 Å². The van der Waals surface area contributed by atoms with Crippen LogP contribution in [0.15, 0.2) is 66.9 Å². The van der Waals surface area contributed by atoms with Crippen LogP contribution in [0.5, 0.6) is 0 Å². The van der Waals surface area contributed by atoms with Crippen molar-refractivity contribution in [2.75, 3.05) is 23.5 Å². The normalized spacial score (nSPS) is 13.6. The first-order valence-electron chi connectivity index (χ1n) is 12.8. The summed E-state index contributed by atoms with van der Waals surface area (Å²) in [5.74, 6) is -2.11. The summed E-state index contributed by atoms with van der Waals surface area (Å²) < 4.78 is 62.4. The number of nitrogens with two attached hydrogens (primary N) is 1. The highest BCUT2D eigenvalue weighted by atomic mass is 32.2. The average Bonchev–Trinajstić information content (AvgIpc) is 3.28. The number of alkyl halides is 3. The number of carbonyl (C=O) groups is 1. The minimum Gasteiger partial charge on any atom is -0.477 e. The number of sulfone groups is 1. The maximum absolute atomic E-state index is 12.7. The van der Waals surface area contributed by atoms with Gasteiger partial charge in [0.15, 0.2) is 0 Å². The summed E-state index contributed by atoms with van der Waals surface area (Å²) in [6.45, 7) is 2.35.